The molecule has 1 saturated heterocycles. The largest absolute Gasteiger partial charge is 0.480 e. The third-order valence-electron chi connectivity index (χ3n) is 5.37. The number of fused-ring (bicyclic) bond motifs is 1. The lowest BCUT2D eigenvalue weighted by Gasteiger charge is -2.33. The normalized spacial score (nSPS) is 18.4. The van der Waals surface area contributed by atoms with E-state index in [9.17, 15) is 22.4 Å². The van der Waals surface area contributed by atoms with E-state index in [2.05, 4.69) is 15.7 Å². The van der Waals surface area contributed by atoms with Crippen LogP contribution in [0.4, 0.5) is 23.2 Å². The number of carbonyl (C=O) groups is 1. The summed E-state index contributed by atoms with van der Waals surface area (Å²) in [5.74, 6) is -1.92. The minimum atomic E-state index is -4.76. The van der Waals surface area contributed by atoms with Gasteiger partial charge in [-0.15, -0.1) is 12.4 Å². The number of anilines is 1. The Hall–Kier alpha value is -2.27. The summed E-state index contributed by atoms with van der Waals surface area (Å²) in [4.78, 5) is 11.1. The van der Waals surface area contributed by atoms with E-state index < -0.39 is 35.7 Å². The second-order valence-electron chi connectivity index (χ2n) is 7.48. The standard InChI is InChI=1S/C20H16Cl2F4N4O2.ClH/c21-12-3-4-13(23)16(17(12)22)19(5-6-27-9-19)28-10-1-2-11-14(7-10)30(8-15(31)32)29-18(11)20(24,25)26;/h1-4,7,27-28H,5-6,8-9H2,(H,31,32);1H. The quantitative estimate of drug-likeness (QED) is 0.310. The monoisotopic (exact) mass is 526 g/mol. The van der Waals surface area contributed by atoms with Crippen molar-refractivity contribution in [1.82, 2.24) is 15.1 Å². The van der Waals surface area contributed by atoms with Crippen molar-refractivity contribution in [3.63, 3.8) is 0 Å². The molecule has 0 amide bonds. The highest BCUT2D eigenvalue weighted by Crippen LogP contribution is 2.42. The molecule has 3 N–H and O–H groups in total. The molecule has 1 aliphatic heterocycles. The summed E-state index contributed by atoms with van der Waals surface area (Å²) in [6, 6.07) is 6.51. The molecule has 178 valence electrons. The molecule has 1 aliphatic rings. The fourth-order valence-electron chi connectivity index (χ4n) is 4.03. The van der Waals surface area contributed by atoms with Crippen molar-refractivity contribution in [2.45, 2.75) is 24.7 Å². The van der Waals surface area contributed by atoms with Crippen LogP contribution in [-0.4, -0.2) is 33.9 Å². The first-order valence-corrected chi connectivity index (χ1v) is 10.2. The number of benzene rings is 2. The zero-order chi connectivity index (χ0) is 23.3. The minimum absolute atomic E-state index is 0. The zero-order valence-corrected chi connectivity index (χ0v) is 19.0. The van der Waals surface area contributed by atoms with E-state index in [1.54, 1.807) is 0 Å². The van der Waals surface area contributed by atoms with Crippen molar-refractivity contribution in [3.8, 4) is 0 Å². The first kappa shape index (κ1) is 25.4. The van der Waals surface area contributed by atoms with Crippen molar-refractivity contribution in [2.24, 2.45) is 0 Å². The molecule has 1 unspecified atom stereocenters. The van der Waals surface area contributed by atoms with Gasteiger partial charge in [-0.2, -0.15) is 18.3 Å². The van der Waals surface area contributed by atoms with Crippen molar-refractivity contribution in [1.29, 1.82) is 0 Å². The lowest BCUT2D eigenvalue weighted by molar-refractivity contribution is -0.142. The number of rotatable bonds is 5. The Kier molecular flexibility index (Phi) is 7.05. The Morgan fingerprint density at radius 2 is 2.00 bits per heavy atom. The number of halogens is 7. The molecule has 6 nitrogen and oxygen atoms in total. The number of hydrogen-bond donors (Lipinski definition) is 3. The molecule has 0 saturated carbocycles. The van der Waals surface area contributed by atoms with Crippen LogP contribution in [0.15, 0.2) is 30.3 Å². The van der Waals surface area contributed by atoms with Crippen molar-refractivity contribution >= 4 is 58.2 Å². The first-order chi connectivity index (χ1) is 15.0. The summed E-state index contributed by atoms with van der Waals surface area (Å²) in [7, 11) is 0. The zero-order valence-electron chi connectivity index (χ0n) is 16.6. The molecule has 1 atom stereocenters. The fraction of sp³-hybridized carbons (Fsp3) is 0.300. The van der Waals surface area contributed by atoms with Crippen LogP contribution in [-0.2, 0) is 23.1 Å². The fourth-order valence-corrected chi connectivity index (χ4v) is 4.52. The van der Waals surface area contributed by atoms with Gasteiger partial charge in [0.2, 0.25) is 0 Å². The summed E-state index contributed by atoms with van der Waals surface area (Å²) in [6.07, 6.45) is -4.34. The summed E-state index contributed by atoms with van der Waals surface area (Å²) in [5.41, 5.74) is -1.74. The van der Waals surface area contributed by atoms with Gasteiger partial charge in [0.05, 0.1) is 21.1 Å². The number of alkyl halides is 3. The number of aliphatic carboxylic acids is 1. The molecule has 0 spiro atoms. The van der Waals surface area contributed by atoms with E-state index in [1.807, 2.05) is 0 Å². The second kappa shape index (κ2) is 9.17. The van der Waals surface area contributed by atoms with E-state index >= 15 is 0 Å². The van der Waals surface area contributed by atoms with Crippen molar-refractivity contribution in [2.75, 3.05) is 18.4 Å². The Balaban J connectivity index is 0.00000306. The number of nitrogens with one attached hydrogen (secondary N) is 2. The molecule has 2 aromatic carbocycles. The molecule has 4 rings (SSSR count). The van der Waals surface area contributed by atoms with Crippen LogP contribution < -0.4 is 10.6 Å². The molecule has 3 aromatic rings. The van der Waals surface area contributed by atoms with E-state index in [4.69, 9.17) is 28.3 Å². The number of carboxylic acids is 1. The minimum Gasteiger partial charge on any atom is -0.480 e. The molecular formula is C20H17Cl3F4N4O2. The average molecular weight is 528 g/mol. The Morgan fingerprint density at radius 1 is 1.27 bits per heavy atom. The molecule has 1 fully saturated rings. The van der Waals surface area contributed by atoms with Crippen LogP contribution in [0.3, 0.4) is 0 Å². The summed E-state index contributed by atoms with van der Waals surface area (Å²) >= 11 is 12.4. The Labute approximate surface area is 201 Å². The summed E-state index contributed by atoms with van der Waals surface area (Å²) < 4.78 is 55.8. The van der Waals surface area contributed by atoms with Crippen LogP contribution >= 0.6 is 35.6 Å². The predicted octanol–water partition coefficient (Wildman–Crippen LogP) is 5.31. The van der Waals surface area contributed by atoms with Gasteiger partial charge in [0.25, 0.3) is 0 Å². The van der Waals surface area contributed by atoms with Crippen molar-refractivity contribution in [3.05, 3.63) is 57.5 Å². The van der Waals surface area contributed by atoms with Gasteiger partial charge in [-0.05, 0) is 43.3 Å². The van der Waals surface area contributed by atoms with Gasteiger partial charge in [0, 0.05) is 23.2 Å². The van der Waals surface area contributed by atoms with E-state index in [1.165, 1.54) is 30.3 Å². The van der Waals surface area contributed by atoms with Gasteiger partial charge >= 0.3 is 12.1 Å². The molecule has 1 aromatic heterocycles. The number of hydrogen-bond acceptors (Lipinski definition) is 4. The molecule has 33 heavy (non-hydrogen) atoms. The van der Waals surface area contributed by atoms with Gasteiger partial charge in [-0.3, -0.25) is 9.48 Å². The number of nitrogens with zero attached hydrogens (tertiary/aromatic N) is 2. The van der Waals surface area contributed by atoms with E-state index in [-0.39, 0.29) is 45.5 Å². The number of carboxylic acid groups (broad SMARTS) is 1. The maximum atomic E-state index is 14.8. The molecule has 13 heteroatoms. The second-order valence-corrected chi connectivity index (χ2v) is 8.27. The Morgan fingerprint density at radius 3 is 2.61 bits per heavy atom. The van der Waals surface area contributed by atoms with E-state index in [0.717, 1.165) is 4.68 Å². The molecule has 0 bridgehead atoms. The van der Waals surface area contributed by atoms with E-state index in [0.29, 0.717) is 18.7 Å². The third kappa shape index (κ3) is 4.70. The maximum absolute atomic E-state index is 14.8. The third-order valence-corrected chi connectivity index (χ3v) is 6.17. The van der Waals surface area contributed by atoms with Crippen LogP contribution in [0.1, 0.15) is 17.7 Å². The molecule has 0 aliphatic carbocycles. The van der Waals surface area contributed by atoms with Gasteiger partial charge in [-0.25, -0.2) is 4.39 Å². The van der Waals surface area contributed by atoms with Crippen LogP contribution in [0.25, 0.3) is 10.9 Å². The lowest BCUT2D eigenvalue weighted by Crippen LogP contribution is -2.39. The molecule has 2 heterocycles. The van der Waals surface area contributed by atoms with Crippen molar-refractivity contribution < 1.29 is 27.5 Å². The predicted molar refractivity (Wildman–Crippen MR) is 119 cm³/mol. The summed E-state index contributed by atoms with van der Waals surface area (Å²) in [6.45, 7) is 0.0639. The summed E-state index contributed by atoms with van der Waals surface area (Å²) in [5, 5.41) is 18.8. The topological polar surface area (TPSA) is 79.2 Å². The van der Waals surface area contributed by atoms with Crippen LogP contribution in [0.5, 0.6) is 0 Å². The smallest absolute Gasteiger partial charge is 0.435 e. The van der Waals surface area contributed by atoms with Crippen LogP contribution in [0, 0.1) is 5.82 Å². The lowest BCUT2D eigenvalue weighted by atomic mass is 9.88. The van der Waals surface area contributed by atoms with Crippen LogP contribution in [0.2, 0.25) is 10.0 Å². The highest BCUT2D eigenvalue weighted by molar-refractivity contribution is 6.42. The SMILES string of the molecule is Cl.O=C(O)Cn1nc(C(F)(F)F)c2ccc(NC3(c4c(F)ccc(Cl)c4Cl)CCNC3)cc21. The molecular weight excluding hydrogens is 511 g/mol. The average Bonchev–Trinajstić information content (AvgIpc) is 3.30. The first-order valence-electron chi connectivity index (χ1n) is 9.44. The van der Waals surface area contributed by atoms with Gasteiger partial charge in [0.15, 0.2) is 5.69 Å². The highest BCUT2D eigenvalue weighted by Gasteiger charge is 2.41. The molecule has 0 radical (unpaired) electrons. The van der Waals surface area contributed by atoms with Gasteiger partial charge in [0.1, 0.15) is 12.4 Å². The van der Waals surface area contributed by atoms with Gasteiger partial charge in [-0.1, -0.05) is 23.2 Å². The van der Waals surface area contributed by atoms with Gasteiger partial charge < -0.3 is 15.7 Å². The maximum Gasteiger partial charge on any atom is 0.435 e. The Bertz CT molecular complexity index is 1210. The number of aromatic nitrogens is 2. The highest BCUT2D eigenvalue weighted by atomic mass is 35.5.